The molecule has 55 heavy (non-hydrogen) atoms. The third-order valence-corrected chi connectivity index (χ3v) is 8.91. The number of carbonyl (C=O) groups is 2. The smallest absolute Gasteiger partial charge is 0.462 e. The Hall–Kier alpha value is -3.07. The Morgan fingerprint density at radius 1 is 0.545 bits per heavy atom. The highest BCUT2D eigenvalue weighted by molar-refractivity contribution is 7.47. The van der Waals surface area contributed by atoms with E-state index in [4.69, 9.17) is 24.3 Å². The number of hydrogen-bond donors (Lipinski definition) is 2. The van der Waals surface area contributed by atoms with Gasteiger partial charge in [-0.2, -0.15) is 0 Å². The Labute approximate surface area is 334 Å². The average molecular weight is 788 g/mol. The molecule has 0 fully saturated rings. The van der Waals surface area contributed by atoms with Crippen molar-refractivity contribution in [2.45, 2.75) is 148 Å². The molecule has 2 atom stereocenters. The largest absolute Gasteiger partial charge is 0.472 e. The van der Waals surface area contributed by atoms with Gasteiger partial charge in [-0.1, -0.05) is 137 Å². The minimum atomic E-state index is -4.40. The van der Waals surface area contributed by atoms with Crippen molar-refractivity contribution in [2.75, 3.05) is 26.4 Å². The van der Waals surface area contributed by atoms with Gasteiger partial charge in [0.2, 0.25) is 0 Å². The van der Waals surface area contributed by atoms with E-state index in [0.717, 1.165) is 70.6 Å². The molecule has 0 radical (unpaired) electrons. The maximum atomic E-state index is 12.5. The zero-order valence-electron chi connectivity index (χ0n) is 34.1. The number of nitrogens with two attached hydrogens (primary N) is 1. The number of hydrogen-bond acceptors (Lipinski definition) is 8. The zero-order chi connectivity index (χ0) is 40.3. The number of allylic oxidation sites excluding steroid dienone is 16. The number of carbonyl (C=O) groups excluding carboxylic acids is 2. The van der Waals surface area contributed by atoms with E-state index in [1.165, 1.54) is 25.7 Å². The van der Waals surface area contributed by atoms with Gasteiger partial charge in [0.1, 0.15) is 6.61 Å². The molecular formula is C45H74NO8P. The highest BCUT2D eigenvalue weighted by atomic mass is 31.2. The standard InChI is InChI=1S/C45H74NO8P/c1-3-5-7-9-11-13-15-17-19-21-23-25-27-29-31-33-35-37-44(47)51-41-43(42-53-55(49,50)52-40-39-46)54-45(48)38-36-34-32-30-28-26-24-22-20-18-16-14-12-10-8-6-4-2/h7,9,12-15,18-21,24-27,30,32,43H,3-6,8,10-11,16-17,22-23,28-29,31,33-42,46H2,1-2H3,(H,49,50)/b9-7+,14-12+,15-13+,20-18+,21-19+,26-24+,27-25+,32-30+/t43-/m1/s1. The van der Waals surface area contributed by atoms with Crippen molar-refractivity contribution in [3.05, 3.63) is 97.2 Å². The Balaban J connectivity index is 4.37. The Bertz CT molecular complexity index is 1220. The zero-order valence-corrected chi connectivity index (χ0v) is 35.0. The van der Waals surface area contributed by atoms with Crippen molar-refractivity contribution in [1.29, 1.82) is 0 Å². The van der Waals surface area contributed by atoms with Crippen molar-refractivity contribution >= 4 is 19.8 Å². The quantitative estimate of drug-likeness (QED) is 0.0273. The number of ether oxygens (including phenoxy) is 2. The summed E-state index contributed by atoms with van der Waals surface area (Å²) in [6, 6.07) is 0. The highest BCUT2D eigenvalue weighted by Crippen LogP contribution is 2.43. The van der Waals surface area contributed by atoms with Crippen LogP contribution in [0.2, 0.25) is 0 Å². The lowest BCUT2D eigenvalue weighted by atomic mass is 10.1. The van der Waals surface area contributed by atoms with Crippen molar-refractivity contribution in [3.63, 3.8) is 0 Å². The van der Waals surface area contributed by atoms with E-state index in [0.29, 0.717) is 19.3 Å². The number of phosphoric acid groups is 1. The molecule has 0 bridgehead atoms. The maximum Gasteiger partial charge on any atom is 0.472 e. The number of unbranched alkanes of at least 4 members (excludes halogenated alkanes) is 8. The summed E-state index contributed by atoms with van der Waals surface area (Å²) in [5, 5.41) is 0. The van der Waals surface area contributed by atoms with Gasteiger partial charge in [-0.05, 0) is 89.9 Å². The van der Waals surface area contributed by atoms with E-state index in [-0.39, 0.29) is 32.6 Å². The van der Waals surface area contributed by atoms with Gasteiger partial charge in [-0.25, -0.2) is 4.57 Å². The monoisotopic (exact) mass is 788 g/mol. The van der Waals surface area contributed by atoms with Crippen molar-refractivity contribution in [3.8, 4) is 0 Å². The van der Waals surface area contributed by atoms with Crippen LogP contribution in [0.15, 0.2) is 97.2 Å². The second-order valence-corrected chi connectivity index (χ2v) is 14.6. The van der Waals surface area contributed by atoms with E-state index >= 15 is 0 Å². The predicted octanol–water partition coefficient (Wildman–Crippen LogP) is 11.8. The van der Waals surface area contributed by atoms with E-state index in [2.05, 4.69) is 105 Å². The molecule has 0 saturated carbocycles. The maximum absolute atomic E-state index is 12.5. The molecule has 0 aromatic rings. The van der Waals surface area contributed by atoms with Gasteiger partial charge in [0.05, 0.1) is 13.2 Å². The molecule has 0 spiro atoms. The van der Waals surface area contributed by atoms with E-state index in [9.17, 15) is 19.0 Å². The fourth-order valence-electron chi connectivity index (χ4n) is 4.85. The number of esters is 2. The van der Waals surface area contributed by atoms with Gasteiger partial charge in [-0.3, -0.25) is 18.6 Å². The molecule has 0 aromatic carbocycles. The molecule has 0 heterocycles. The molecule has 0 aliphatic carbocycles. The first-order chi connectivity index (χ1) is 26.8. The second-order valence-electron chi connectivity index (χ2n) is 13.1. The molecule has 3 N–H and O–H groups in total. The summed E-state index contributed by atoms with van der Waals surface area (Å²) in [7, 11) is -4.40. The molecule has 0 rings (SSSR count). The molecule has 312 valence electrons. The molecule has 0 aliphatic heterocycles. The molecule has 1 unspecified atom stereocenters. The lowest BCUT2D eigenvalue weighted by Gasteiger charge is -2.19. The van der Waals surface area contributed by atoms with Crippen LogP contribution in [0.4, 0.5) is 0 Å². The molecule has 0 aliphatic rings. The average Bonchev–Trinajstić information content (AvgIpc) is 3.17. The van der Waals surface area contributed by atoms with Crippen LogP contribution in [0.3, 0.4) is 0 Å². The first-order valence-corrected chi connectivity index (χ1v) is 22.2. The van der Waals surface area contributed by atoms with Crippen LogP contribution in [-0.4, -0.2) is 49.3 Å². The van der Waals surface area contributed by atoms with Gasteiger partial charge < -0.3 is 20.1 Å². The first-order valence-electron chi connectivity index (χ1n) is 20.7. The Morgan fingerprint density at radius 2 is 1.00 bits per heavy atom. The minimum absolute atomic E-state index is 0.0346. The molecule has 0 saturated heterocycles. The summed E-state index contributed by atoms with van der Waals surface area (Å²) in [6.07, 6.45) is 51.6. The lowest BCUT2D eigenvalue weighted by Crippen LogP contribution is -2.29. The SMILES string of the molecule is CCC/C=C/C/C=C/C/C=C/C/C=C/CCCCCC(=O)OC[C@H](COP(=O)(O)OCCN)OC(=O)CCC/C=C/C/C=C/C/C=C/C/C=C/CCCCC. The van der Waals surface area contributed by atoms with Gasteiger partial charge in [-0.15, -0.1) is 0 Å². The minimum Gasteiger partial charge on any atom is -0.462 e. The Kier molecular flexibility index (Phi) is 38.3. The molecular weight excluding hydrogens is 713 g/mol. The lowest BCUT2D eigenvalue weighted by molar-refractivity contribution is -0.161. The summed E-state index contributed by atoms with van der Waals surface area (Å²) < 4.78 is 32.6. The van der Waals surface area contributed by atoms with Crippen LogP contribution in [0.25, 0.3) is 0 Å². The summed E-state index contributed by atoms with van der Waals surface area (Å²) in [6.45, 7) is 3.50. The van der Waals surface area contributed by atoms with E-state index < -0.39 is 32.5 Å². The van der Waals surface area contributed by atoms with E-state index in [1.807, 2.05) is 6.08 Å². The summed E-state index contributed by atoms with van der Waals surface area (Å²) >= 11 is 0. The van der Waals surface area contributed by atoms with Crippen molar-refractivity contribution < 1.29 is 37.6 Å². The second kappa shape index (κ2) is 40.6. The van der Waals surface area contributed by atoms with Crippen molar-refractivity contribution in [2.24, 2.45) is 5.73 Å². The predicted molar refractivity (Wildman–Crippen MR) is 228 cm³/mol. The third kappa shape index (κ3) is 40.4. The molecule has 0 aromatic heterocycles. The van der Waals surface area contributed by atoms with Gasteiger partial charge in [0.25, 0.3) is 0 Å². The highest BCUT2D eigenvalue weighted by Gasteiger charge is 2.25. The van der Waals surface area contributed by atoms with Crippen LogP contribution in [-0.2, 0) is 32.7 Å². The number of rotatable bonds is 37. The van der Waals surface area contributed by atoms with Crippen LogP contribution < -0.4 is 5.73 Å². The first kappa shape index (κ1) is 51.9. The van der Waals surface area contributed by atoms with Gasteiger partial charge in [0, 0.05) is 19.4 Å². The third-order valence-electron chi connectivity index (χ3n) is 7.92. The normalized spacial score (nSPS) is 14.3. The number of phosphoric ester groups is 1. The Morgan fingerprint density at radius 3 is 1.49 bits per heavy atom. The van der Waals surface area contributed by atoms with Crippen LogP contribution in [0.5, 0.6) is 0 Å². The van der Waals surface area contributed by atoms with Gasteiger partial charge in [0.15, 0.2) is 6.10 Å². The fourth-order valence-corrected chi connectivity index (χ4v) is 5.62. The van der Waals surface area contributed by atoms with Crippen LogP contribution >= 0.6 is 7.82 Å². The summed E-state index contributed by atoms with van der Waals surface area (Å²) in [5.41, 5.74) is 5.33. The molecule has 0 amide bonds. The fraction of sp³-hybridized carbons (Fsp3) is 0.600. The van der Waals surface area contributed by atoms with E-state index in [1.54, 1.807) is 0 Å². The molecule has 10 heteroatoms. The molecule has 9 nitrogen and oxygen atoms in total. The van der Waals surface area contributed by atoms with Crippen LogP contribution in [0.1, 0.15) is 142 Å². The summed E-state index contributed by atoms with van der Waals surface area (Å²) in [4.78, 5) is 34.8. The van der Waals surface area contributed by atoms with Gasteiger partial charge >= 0.3 is 19.8 Å². The summed E-state index contributed by atoms with van der Waals surface area (Å²) in [5.74, 6) is -0.942. The van der Waals surface area contributed by atoms with Crippen molar-refractivity contribution in [1.82, 2.24) is 0 Å². The topological polar surface area (TPSA) is 134 Å². The van der Waals surface area contributed by atoms with Crippen LogP contribution in [0, 0.1) is 0 Å².